The van der Waals surface area contributed by atoms with Gasteiger partial charge in [-0.15, -0.1) is 0 Å². The summed E-state index contributed by atoms with van der Waals surface area (Å²) >= 11 is 0. The lowest BCUT2D eigenvalue weighted by Gasteiger charge is -2.14. The molecular formula is C10H10F3N3. The van der Waals surface area contributed by atoms with E-state index >= 15 is 0 Å². The maximum absolute atomic E-state index is 12.3. The predicted molar refractivity (Wildman–Crippen MR) is 53.7 cm³/mol. The quantitative estimate of drug-likeness (QED) is 0.796. The largest absolute Gasteiger partial charge is 0.416 e. The molecule has 0 aliphatic carbocycles. The highest BCUT2D eigenvalue weighted by molar-refractivity contribution is 5.99. The Morgan fingerprint density at radius 2 is 1.88 bits per heavy atom. The molecule has 0 saturated heterocycles. The Kier molecular flexibility index (Phi) is 2.59. The summed E-state index contributed by atoms with van der Waals surface area (Å²) in [7, 11) is 1.77. The summed E-state index contributed by atoms with van der Waals surface area (Å²) in [6.07, 6.45) is -4.29. The second-order valence-corrected chi connectivity index (χ2v) is 3.43. The van der Waals surface area contributed by atoms with Crippen molar-refractivity contribution in [2.24, 2.45) is 4.99 Å². The Labute approximate surface area is 90.6 Å². The monoisotopic (exact) mass is 229 g/mol. The van der Waals surface area contributed by atoms with Crippen molar-refractivity contribution in [3.8, 4) is 0 Å². The van der Waals surface area contributed by atoms with Gasteiger partial charge in [0.15, 0.2) is 0 Å². The van der Waals surface area contributed by atoms with Gasteiger partial charge in [-0.25, -0.2) is 10.4 Å². The van der Waals surface area contributed by atoms with Crippen LogP contribution >= 0.6 is 0 Å². The van der Waals surface area contributed by atoms with Gasteiger partial charge in [0.05, 0.1) is 5.56 Å². The average molecular weight is 229 g/mol. The fourth-order valence-corrected chi connectivity index (χ4v) is 1.49. The van der Waals surface area contributed by atoms with Crippen LogP contribution < -0.4 is 5.43 Å². The van der Waals surface area contributed by atoms with Crippen LogP contribution in [0.4, 0.5) is 13.2 Å². The third-order valence-electron chi connectivity index (χ3n) is 2.32. The number of halogens is 3. The van der Waals surface area contributed by atoms with Crippen molar-refractivity contribution in [2.75, 3.05) is 13.7 Å². The van der Waals surface area contributed by atoms with Crippen LogP contribution in [0.2, 0.25) is 0 Å². The summed E-state index contributed by atoms with van der Waals surface area (Å²) in [5, 5.41) is 1.68. The van der Waals surface area contributed by atoms with Crippen LogP contribution in [0.5, 0.6) is 0 Å². The first-order valence-electron chi connectivity index (χ1n) is 4.68. The number of hydrazine groups is 1. The van der Waals surface area contributed by atoms with Crippen molar-refractivity contribution in [3.05, 3.63) is 35.4 Å². The summed E-state index contributed by atoms with van der Waals surface area (Å²) in [5.74, 6) is 0.647. The summed E-state index contributed by atoms with van der Waals surface area (Å²) in [6.45, 7) is 0.451. The minimum atomic E-state index is -4.29. The molecule has 1 aliphatic heterocycles. The number of benzene rings is 1. The topological polar surface area (TPSA) is 27.6 Å². The van der Waals surface area contributed by atoms with E-state index in [0.717, 1.165) is 12.1 Å². The molecule has 0 bridgehead atoms. The van der Waals surface area contributed by atoms with Gasteiger partial charge < -0.3 is 0 Å². The average Bonchev–Trinajstić information content (AvgIpc) is 2.63. The van der Waals surface area contributed by atoms with Crippen LogP contribution in [0.15, 0.2) is 29.3 Å². The normalized spacial score (nSPS) is 16.5. The van der Waals surface area contributed by atoms with E-state index in [1.807, 2.05) is 0 Å². The summed E-state index contributed by atoms with van der Waals surface area (Å²) in [5.41, 5.74) is 2.94. The molecule has 2 rings (SSSR count). The van der Waals surface area contributed by atoms with Crippen molar-refractivity contribution in [1.29, 1.82) is 0 Å². The number of amidine groups is 1. The van der Waals surface area contributed by atoms with E-state index < -0.39 is 11.7 Å². The van der Waals surface area contributed by atoms with E-state index in [1.165, 1.54) is 12.1 Å². The van der Waals surface area contributed by atoms with Crippen molar-refractivity contribution in [2.45, 2.75) is 6.18 Å². The first-order chi connectivity index (χ1) is 7.48. The molecule has 0 spiro atoms. The number of hydrogen-bond acceptors (Lipinski definition) is 3. The van der Waals surface area contributed by atoms with E-state index in [9.17, 15) is 13.2 Å². The van der Waals surface area contributed by atoms with Crippen LogP contribution in [0.25, 0.3) is 0 Å². The number of nitrogens with zero attached hydrogens (tertiary/aromatic N) is 2. The van der Waals surface area contributed by atoms with Gasteiger partial charge in [-0.1, -0.05) is 12.1 Å². The Morgan fingerprint density at radius 1 is 1.25 bits per heavy atom. The zero-order valence-corrected chi connectivity index (χ0v) is 8.54. The second-order valence-electron chi connectivity index (χ2n) is 3.43. The van der Waals surface area contributed by atoms with Crippen LogP contribution in [0.3, 0.4) is 0 Å². The fourth-order valence-electron chi connectivity index (χ4n) is 1.49. The molecule has 1 N–H and O–H groups in total. The highest BCUT2D eigenvalue weighted by Gasteiger charge is 2.30. The Morgan fingerprint density at radius 3 is 2.31 bits per heavy atom. The molecule has 86 valence electrons. The Balaban J connectivity index is 2.26. The lowest BCUT2D eigenvalue weighted by Crippen LogP contribution is -2.33. The summed E-state index contributed by atoms with van der Waals surface area (Å²) in [4.78, 5) is 4.13. The molecule has 3 nitrogen and oxygen atoms in total. The smallest absolute Gasteiger partial charge is 0.293 e. The van der Waals surface area contributed by atoms with Gasteiger partial charge in [-0.2, -0.15) is 13.2 Å². The molecule has 1 heterocycles. The van der Waals surface area contributed by atoms with Crippen molar-refractivity contribution < 1.29 is 13.2 Å². The highest BCUT2D eigenvalue weighted by atomic mass is 19.4. The molecule has 0 amide bonds. The molecule has 1 aromatic carbocycles. The van der Waals surface area contributed by atoms with E-state index in [0.29, 0.717) is 18.1 Å². The maximum atomic E-state index is 12.3. The van der Waals surface area contributed by atoms with Crippen molar-refractivity contribution in [3.63, 3.8) is 0 Å². The Bertz CT molecular complexity index is 408. The molecule has 0 aromatic heterocycles. The molecular weight excluding hydrogens is 219 g/mol. The number of hydrogen-bond donors (Lipinski definition) is 1. The van der Waals surface area contributed by atoms with E-state index in [1.54, 1.807) is 12.1 Å². The number of rotatable bonds is 1. The SMILES string of the molecule is CN1NCN=C1c1ccc(C(F)(F)F)cc1. The van der Waals surface area contributed by atoms with Gasteiger partial charge >= 0.3 is 6.18 Å². The third kappa shape index (κ3) is 2.01. The van der Waals surface area contributed by atoms with Crippen LogP contribution in [0, 0.1) is 0 Å². The molecule has 6 heteroatoms. The third-order valence-corrected chi connectivity index (χ3v) is 2.32. The lowest BCUT2D eigenvalue weighted by molar-refractivity contribution is -0.137. The number of alkyl halides is 3. The molecule has 0 atom stereocenters. The predicted octanol–water partition coefficient (Wildman–Crippen LogP) is 1.86. The zero-order chi connectivity index (χ0) is 11.8. The molecule has 16 heavy (non-hydrogen) atoms. The van der Waals surface area contributed by atoms with Crippen molar-refractivity contribution in [1.82, 2.24) is 10.4 Å². The van der Waals surface area contributed by atoms with Gasteiger partial charge in [0.1, 0.15) is 12.5 Å². The standard InChI is InChI=1S/C10H10F3N3/c1-16-9(14-6-15-16)7-2-4-8(5-3-7)10(11,12)13/h2-5,15H,6H2,1H3. The fraction of sp³-hybridized carbons (Fsp3) is 0.300. The van der Waals surface area contributed by atoms with Gasteiger partial charge in [0.25, 0.3) is 0 Å². The van der Waals surface area contributed by atoms with E-state index in [2.05, 4.69) is 10.4 Å². The van der Waals surface area contributed by atoms with Crippen LogP contribution in [-0.4, -0.2) is 24.6 Å². The van der Waals surface area contributed by atoms with Crippen LogP contribution in [-0.2, 0) is 6.18 Å². The Hall–Kier alpha value is -1.56. The molecule has 0 saturated carbocycles. The molecule has 1 aromatic rings. The van der Waals surface area contributed by atoms with Gasteiger partial charge in [-0.3, -0.25) is 5.01 Å². The van der Waals surface area contributed by atoms with E-state index in [4.69, 9.17) is 0 Å². The van der Waals surface area contributed by atoms with Gasteiger partial charge in [0, 0.05) is 12.6 Å². The lowest BCUT2D eigenvalue weighted by atomic mass is 10.1. The maximum Gasteiger partial charge on any atom is 0.416 e. The molecule has 0 radical (unpaired) electrons. The summed E-state index contributed by atoms with van der Waals surface area (Å²) < 4.78 is 37.0. The van der Waals surface area contributed by atoms with Gasteiger partial charge in [-0.05, 0) is 12.1 Å². The summed E-state index contributed by atoms with van der Waals surface area (Å²) in [6, 6.07) is 4.96. The zero-order valence-electron chi connectivity index (χ0n) is 8.54. The minimum Gasteiger partial charge on any atom is -0.293 e. The molecule has 0 unspecified atom stereocenters. The van der Waals surface area contributed by atoms with Gasteiger partial charge in [0.2, 0.25) is 0 Å². The minimum absolute atomic E-state index is 0.451. The van der Waals surface area contributed by atoms with Crippen LogP contribution in [0.1, 0.15) is 11.1 Å². The number of aliphatic imine (C=N–C) groups is 1. The number of nitrogens with one attached hydrogen (secondary N) is 1. The van der Waals surface area contributed by atoms with Crippen molar-refractivity contribution >= 4 is 5.84 Å². The first-order valence-corrected chi connectivity index (χ1v) is 4.68. The first kappa shape index (κ1) is 10.9. The second kappa shape index (κ2) is 3.79. The molecule has 0 fully saturated rings. The highest BCUT2D eigenvalue weighted by Crippen LogP contribution is 2.29. The van der Waals surface area contributed by atoms with E-state index in [-0.39, 0.29) is 0 Å². The molecule has 1 aliphatic rings.